The minimum atomic E-state index is -3.39. The fraction of sp³-hybridized carbons (Fsp3) is 0.278. The number of nitriles is 1. The lowest BCUT2D eigenvalue weighted by atomic mass is 10.1. The van der Waals surface area contributed by atoms with Gasteiger partial charge in [0.2, 0.25) is 10.0 Å². The number of nitrogens with one attached hydrogen (secondary N) is 2. The summed E-state index contributed by atoms with van der Waals surface area (Å²) in [5.74, 6) is -0.111. The molecule has 2 aromatic carbocycles. The highest BCUT2D eigenvalue weighted by Gasteiger charge is 2.15. The topological polar surface area (TPSA) is 125 Å². The fourth-order valence-corrected chi connectivity index (χ4v) is 3.91. The first kappa shape index (κ1) is 20.4. The van der Waals surface area contributed by atoms with Crippen molar-refractivity contribution in [3.05, 3.63) is 69.3 Å². The summed E-state index contributed by atoms with van der Waals surface area (Å²) in [5, 5.41) is 23.0. The van der Waals surface area contributed by atoms with E-state index in [-0.39, 0.29) is 23.0 Å². The zero-order valence-electron chi connectivity index (χ0n) is 15.0. The van der Waals surface area contributed by atoms with Crippen molar-refractivity contribution in [2.45, 2.75) is 32.2 Å². The maximum atomic E-state index is 11.9. The number of rotatable bonds is 8. The molecule has 8 nitrogen and oxygen atoms in total. The van der Waals surface area contributed by atoms with Gasteiger partial charge in [-0.2, -0.15) is 5.26 Å². The molecule has 2 N–H and O–H groups in total. The quantitative estimate of drug-likeness (QED) is 0.529. The summed E-state index contributed by atoms with van der Waals surface area (Å²) in [6, 6.07) is 12.9. The Labute approximate surface area is 158 Å². The molecule has 142 valence electrons. The smallest absolute Gasteiger partial charge is 0.293 e. The van der Waals surface area contributed by atoms with Gasteiger partial charge in [-0.1, -0.05) is 24.3 Å². The molecule has 0 aromatic heterocycles. The molecule has 2 rings (SSSR count). The van der Waals surface area contributed by atoms with Crippen LogP contribution in [0.25, 0.3) is 0 Å². The highest BCUT2D eigenvalue weighted by atomic mass is 32.2. The van der Waals surface area contributed by atoms with Crippen molar-refractivity contribution in [3.63, 3.8) is 0 Å². The largest absolute Gasteiger partial charge is 0.375 e. The second-order valence-corrected chi connectivity index (χ2v) is 8.06. The van der Waals surface area contributed by atoms with Crippen LogP contribution in [0.15, 0.2) is 42.5 Å². The highest BCUT2D eigenvalue weighted by Crippen LogP contribution is 2.26. The van der Waals surface area contributed by atoms with Crippen LogP contribution in [-0.2, 0) is 22.3 Å². The average Bonchev–Trinajstić information content (AvgIpc) is 2.59. The van der Waals surface area contributed by atoms with Gasteiger partial charge in [0.05, 0.1) is 22.3 Å². The molecule has 0 amide bonds. The van der Waals surface area contributed by atoms with E-state index in [4.69, 9.17) is 5.26 Å². The van der Waals surface area contributed by atoms with E-state index < -0.39 is 14.9 Å². The molecule has 0 fully saturated rings. The molecule has 0 aliphatic heterocycles. The zero-order chi connectivity index (χ0) is 20.0. The predicted molar refractivity (Wildman–Crippen MR) is 102 cm³/mol. The van der Waals surface area contributed by atoms with Crippen LogP contribution in [-0.4, -0.2) is 19.4 Å². The van der Waals surface area contributed by atoms with Crippen LogP contribution in [0.1, 0.15) is 30.5 Å². The fourth-order valence-electron chi connectivity index (χ4n) is 2.47. The van der Waals surface area contributed by atoms with E-state index in [2.05, 4.69) is 10.0 Å². The van der Waals surface area contributed by atoms with Crippen LogP contribution in [0.2, 0.25) is 0 Å². The Morgan fingerprint density at radius 2 is 1.78 bits per heavy atom. The first-order chi connectivity index (χ1) is 12.7. The predicted octanol–water partition coefficient (Wildman–Crippen LogP) is 2.91. The lowest BCUT2D eigenvalue weighted by Crippen LogP contribution is -2.31. The maximum absolute atomic E-state index is 11.9. The number of benzene rings is 2. The highest BCUT2D eigenvalue weighted by molar-refractivity contribution is 7.88. The van der Waals surface area contributed by atoms with Gasteiger partial charge in [0, 0.05) is 18.7 Å². The molecule has 0 aliphatic rings. The van der Waals surface area contributed by atoms with Crippen molar-refractivity contribution in [1.82, 2.24) is 4.72 Å². The van der Waals surface area contributed by atoms with Crippen LogP contribution >= 0.6 is 0 Å². The van der Waals surface area contributed by atoms with Crippen molar-refractivity contribution < 1.29 is 13.3 Å². The van der Waals surface area contributed by atoms with Crippen LogP contribution in [0.5, 0.6) is 0 Å². The van der Waals surface area contributed by atoms with Gasteiger partial charge < -0.3 is 5.32 Å². The number of nitrogens with zero attached hydrogens (tertiary/aromatic N) is 2. The van der Waals surface area contributed by atoms with E-state index in [0.29, 0.717) is 17.8 Å². The van der Waals surface area contributed by atoms with Crippen LogP contribution in [0, 0.1) is 21.4 Å². The Balaban J connectivity index is 2.06. The Morgan fingerprint density at radius 3 is 2.33 bits per heavy atom. The lowest BCUT2D eigenvalue weighted by molar-refractivity contribution is -0.384. The molecule has 0 aliphatic carbocycles. The number of nitro groups is 1. The monoisotopic (exact) mass is 388 g/mol. The molecular weight excluding hydrogens is 368 g/mol. The maximum Gasteiger partial charge on any atom is 0.293 e. The van der Waals surface area contributed by atoms with Gasteiger partial charge in [0.25, 0.3) is 5.69 Å². The van der Waals surface area contributed by atoms with E-state index in [1.165, 1.54) is 18.2 Å². The number of sulfonamides is 1. The number of hydrogen-bond donors (Lipinski definition) is 2. The lowest BCUT2D eigenvalue weighted by Gasteiger charge is -2.10. The van der Waals surface area contributed by atoms with Crippen LogP contribution in [0.3, 0.4) is 0 Å². The Hall–Kier alpha value is -2.96. The summed E-state index contributed by atoms with van der Waals surface area (Å²) < 4.78 is 26.4. The molecule has 0 saturated heterocycles. The molecule has 0 unspecified atom stereocenters. The van der Waals surface area contributed by atoms with Crippen molar-refractivity contribution in [1.29, 1.82) is 5.26 Å². The SMILES string of the molecule is CC(C)NS(=O)(=O)Cc1ccc(CNc2ccc(C#N)cc2[N+](=O)[O-])cc1. The molecule has 0 spiro atoms. The molecule has 0 bridgehead atoms. The third-order valence-electron chi connectivity index (χ3n) is 3.60. The van der Waals surface area contributed by atoms with Gasteiger partial charge in [-0.05, 0) is 37.1 Å². The Bertz CT molecular complexity index is 964. The summed E-state index contributed by atoms with van der Waals surface area (Å²) in [6.45, 7) is 3.84. The number of anilines is 1. The summed E-state index contributed by atoms with van der Waals surface area (Å²) in [6.07, 6.45) is 0. The molecule has 0 atom stereocenters. The van der Waals surface area contributed by atoms with Gasteiger partial charge in [-0.25, -0.2) is 13.1 Å². The molecule has 2 aromatic rings. The Morgan fingerprint density at radius 1 is 1.15 bits per heavy atom. The summed E-state index contributed by atoms with van der Waals surface area (Å²) in [7, 11) is -3.39. The molecule has 0 saturated carbocycles. The van der Waals surface area contributed by atoms with E-state index in [1.807, 2.05) is 6.07 Å². The Kier molecular flexibility index (Phi) is 6.50. The van der Waals surface area contributed by atoms with Crippen molar-refractivity contribution >= 4 is 21.4 Å². The van der Waals surface area contributed by atoms with E-state index >= 15 is 0 Å². The average molecular weight is 388 g/mol. The van der Waals surface area contributed by atoms with Crippen molar-refractivity contribution in [3.8, 4) is 6.07 Å². The van der Waals surface area contributed by atoms with E-state index in [0.717, 1.165) is 5.56 Å². The molecular formula is C18H20N4O4S. The number of nitro benzene ring substituents is 1. The zero-order valence-corrected chi connectivity index (χ0v) is 15.8. The summed E-state index contributed by atoms with van der Waals surface area (Å²) in [5.41, 5.74) is 1.85. The number of hydrogen-bond acceptors (Lipinski definition) is 6. The van der Waals surface area contributed by atoms with E-state index in [9.17, 15) is 18.5 Å². The van der Waals surface area contributed by atoms with Crippen molar-refractivity contribution in [2.75, 3.05) is 5.32 Å². The van der Waals surface area contributed by atoms with Gasteiger partial charge in [0.15, 0.2) is 0 Å². The van der Waals surface area contributed by atoms with Gasteiger partial charge >= 0.3 is 0 Å². The second kappa shape index (κ2) is 8.62. The third-order valence-corrected chi connectivity index (χ3v) is 5.15. The van der Waals surface area contributed by atoms with Crippen LogP contribution < -0.4 is 10.0 Å². The first-order valence-corrected chi connectivity index (χ1v) is 9.85. The summed E-state index contributed by atoms with van der Waals surface area (Å²) in [4.78, 5) is 10.6. The minimum Gasteiger partial charge on any atom is -0.375 e. The normalized spacial score (nSPS) is 11.2. The van der Waals surface area contributed by atoms with Crippen molar-refractivity contribution in [2.24, 2.45) is 0 Å². The second-order valence-electron chi connectivity index (χ2n) is 6.30. The summed E-state index contributed by atoms with van der Waals surface area (Å²) >= 11 is 0. The molecule has 0 radical (unpaired) electrons. The third kappa shape index (κ3) is 6.06. The van der Waals surface area contributed by atoms with E-state index in [1.54, 1.807) is 38.1 Å². The molecule has 9 heteroatoms. The molecule has 0 heterocycles. The standard InChI is InChI=1S/C18H20N4O4S/c1-13(2)21-27(25,26)12-15-5-3-14(4-6-15)11-20-17-8-7-16(10-19)9-18(17)22(23)24/h3-9,13,20-21H,11-12H2,1-2H3. The van der Waals surface area contributed by atoms with Crippen LogP contribution in [0.4, 0.5) is 11.4 Å². The first-order valence-electron chi connectivity index (χ1n) is 8.20. The van der Waals surface area contributed by atoms with Gasteiger partial charge in [-0.15, -0.1) is 0 Å². The minimum absolute atomic E-state index is 0.111. The van der Waals surface area contributed by atoms with Gasteiger partial charge in [0.1, 0.15) is 5.69 Å². The van der Waals surface area contributed by atoms with Gasteiger partial charge in [-0.3, -0.25) is 10.1 Å². The molecule has 27 heavy (non-hydrogen) atoms.